The zero-order chi connectivity index (χ0) is 13.0. The van der Waals surface area contributed by atoms with Crippen LogP contribution < -0.4 is 10.6 Å². The maximum Gasteiger partial charge on any atom is 0.251 e. The van der Waals surface area contributed by atoms with Crippen LogP contribution in [0.5, 0.6) is 0 Å². The van der Waals surface area contributed by atoms with Crippen molar-refractivity contribution in [1.82, 2.24) is 10.6 Å². The molecule has 0 radical (unpaired) electrons. The topological polar surface area (TPSA) is 41.1 Å². The van der Waals surface area contributed by atoms with Crippen molar-refractivity contribution in [1.29, 1.82) is 0 Å². The molecule has 1 aliphatic heterocycles. The summed E-state index contributed by atoms with van der Waals surface area (Å²) in [6, 6.07) is 6.04. The van der Waals surface area contributed by atoms with Crippen LogP contribution in [0.4, 0.5) is 0 Å². The Morgan fingerprint density at radius 2 is 2.22 bits per heavy atom. The first-order valence-corrected chi connectivity index (χ1v) is 7.23. The maximum absolute atomic E-state index is 12.2. The van der Waals surface area contributed by atoms with Gasteiger partial charge >= 0.3 is 0 Å². The summed E-state index contributed by atoms with van der Waals surface area (Å²) in [5, 5.41) is 6.46. The molecule has 1 saturated heterocycles. The van der Waals surface area contributed by atoms with E-state index in [0.717, 1.165) is 35.1 Å². The minimum absolute atomic E-state index is 0.0214. The van der Waals surface area contributed by atoms with E-state index in [4.69, 9.17) is 0 Å². The van der Waals surface area contributed by atoms with Crippen LogP contribution in [0.15, 0.2) is 22.7 Å². The number of benzene rings is 1. The van der Waals surface area contributed by atoms with E-state index in [1.807, 2.05) is 25.1 Å². The molecular weight excluding hydrogens is 292 g/mol. The fraction of sp³-hybridized carbons (Fsp3) is 0.500. The van der Waals surface area contributed by atoms with Crippen LogP contribution in [-0.4, -0.2) is 25.0 Å². The molecule has 1 aromatic rings. The highest BCUT2D eigenvalue weighted by Crippen LogP contribution is 2.15. The van der Waals surface area contributed by atoms with Gasteiger partial charge in [0.1, 0.15) is 0 Å². The number of carbonyl (C=O) groups is 1. The van der Waals surface area contributed by atoms with Crippen molar-refractivity contribution < 1.29 is 4.79 Å². The molecule has 1 amide bonds. The van der Waals surface area contributed by atoms with Crippen molar-refractivity contribution in [2.24, 2.45) is 0 Å². The number of halogens is 1. The fourth-order valence-electron chi connectivity index (χ4n) is 2.28. The summed E-state index contributed by atoms with van der Waals surface area (Å²) >= 11 is 3.43. The Morgan fingerprint density at radius 1 is 1.39 bits per heavy atom. The van der Waals surface area contributed by atoms with Crippen molar-refractivity contribution in [3.05, 3.63) is 33.8 Å². The molecule has 4 heteroatoms. The van der Waals surface area contributed by atoms with Gasteiger partial charge in [0.05, 0.1) is 0 Å². The van der Waals surface area contributed by atoms with Gasteiger partial charge in [-0.25, -0.2) is 0 Å². The standard InChI is InChI=1S/C14H19BrN2O/c1-10-6-11(8-12(15)7-10)14(18)17-13-4-2-3-5-16-9-13/h6-8,13,16H,2-5,9H2,1H3,(H,17,18). The van der Waals surface area contributed by atoms with Gasteiger partial charge in [0, 0.05) is 22.6 Å². The summed E-state index contributed by atoms with van der Waals surface area (Å²) in [5.41, 5.74) is 1.82. The lowest BCUT2D eigenvalue weighted by Gasteiger charge is -2.16. The number of hydrogen-bond acceptors (Lipinski definition) is 2. The Hall–Kier alpha value is -0.870. The second-order valence-electron chi connectivity index (χ2n) is 4.89. The van der Waals surface area contributed by atoms with E-state index < -0.39 is 0 Å². The van der Waals surface area contributed by atoms with E-state index in [9.17, 15) is 4.79 Å². The average Bonchev–Trinajstić information content (AvgIpc) is 2.56. The van der Waals surface area contributed by atoms with Crippen molar-refractivity contribution >= 4 is 21.8 Å². The third-order valence-electron chi connectivity index (χ3n) is 3.19. The normalized spacial score (nSPS) is 20.2. The molecule has 1 atom stereocenters. The largest absolute Gasteiger partial charge is 0.348 e. The molecule has 0 aromatic heterocycles. The predicted molar refractivity (Wildman–Crippen MR) is 76.9 cm³/mol. The minimum atomic E-state index is 0.0214. The SMILES string of the molecule is Cc1cc(Br)cc(C(=O)NC2CCCCNC2)c1. The van der Waals surface area contributed by atoms with Gasteiger partial charge in [0.15, 0.2) is 0 Å². The summed E-state index contributed by atoms with van der Waals surface area (Å²) in [7, 11) is 0. The molecule has 98 valence electrons. The first-order valence-electron chi connectivity index (χ1n) is 6.44. The maximum atomic E-state index is 12.2. The Morgan fingerprint density at radius 3 is 3.00 bits per heavy atom. The quantitative estimate of drug-likeness (QED) is 0.881. The van der Waals surface area contributed by atoms with E-state index in [0.29, 0.717) is 0 Å². The zero-order valence-electron chi connectivity index (χ0n) is 10.6. The average molecular weight is 311 g/mol. The molecule has 1 heterocycles. The highest BCUT2D eigenvalue weighted by Gasteiger charge is 2.15. The van der Waals surface area contributed by atoms with Gasteiger partial charge < -0.3 is 10.6 Å². The molecule has 1 unspecified atom stereocenters. The Labute approximate surface area is 116 Å². The van der Waals surface area contributed by atoms with Gasteiger partial charge in [-0.3, -0.25) is 4.79 Å². The van der Waals surface area contributed by atoms with E-state index in [-0.39, 0.29) is 11.9 Å². The number of rotatable bonds is 2. The molecule has 0 saturated carbocycles. The molecule has 0 aliphatic carbocycles. The predicted octanol–water partition coefficient (Wildman–Crippen LogP) is 2.63. The number of amides is 1. The lowest BCUT2D eigenvalue weighted by Crippen LogP contribution is -2.40. The van der Waals surface area contributed by atoms with Crippen LogP contribution in [0.25, 0.3) is 0 Å². The fourth-order valence-corrected chi connectivity index (χ4v) is 2.89. The van der Waals surface area contributed by atoms with Gasteiger partial charge in [-0.15, -0.1) is 0 Å². The molecule has 0 spiro atoms. The second kappa shape index (κ2) is 6.34. The highest BCUT2D eigenvalue weighted by molar-refractivity contribution is 9.10. The first-order chi connectivity index (χ1) is 8.65. The van der Waals surface area contributed by atoms with Crippen molar-refractivity contribution in [2.45, 2.75) is 32.2 Å². The summed E-state index contributed by atoms with van der Waals surface area (Å²) < 4.78 is 0.951. The van der Waals surface area contributed by atoms with Crippen LogP contribution in [-0.2, 0) is 0 Å². The number of aryl methyl sites for hydroxylation is 1. The molecule has 18 heavy (non-hydrogen) atoms. The summed E-state index contributed by atoms with van der Waals surface area (Å²) in [6.07, 6.45) is 3.43. The lowest BCUT2D eigenvalue weighted by atomic mass is 10.1. The minimum Gasteiger partial charge on any atom is -0.348 e. The van der Waals surface area contributed by atoms with Gasteiger partial charge in [-0.05, 0) is 50.1 Å². The van der Waals surface area contributed by atoms with Crippen molar-refractivity contribution in [2.75, 3.05) is 13.1 Å². The van der Waals surface area contributed by atoms with Gasteiger partial charge in [0.2, 0.25) is 0 Å². The van der Waals surface area contributed by atoms with E-state index >= 15 is 0 Å². The van der Waals surface area contributed by atoms with E-state index in [1.165, 1.54) is 12.8 Å². The molecule has 0 bridgehead atoms. The highest BCUT2D eigenvalue weighted by atomic mass is 79.9. The monoisotopic (exact) mass is 310 g/mol. The number of nitrogens with one attached hydrogen (secondary N) is 2. The molecule has 2 rings (SSSR count). The van der Waals surface area contributed by atoms with Gasteiger partial charge in [0.25, 0.3) is 5.91 Å². The Kier molecular flexibility index (Phi) is 4.78. The molecule has 2 N–H and O–H groups in total. The van der Waals surface area contributed by atoms with Crippen LogP contribution in [0.1, 0.15) is 35.2 Å². The van der Waals surface area contributed by atoms with Gasteiger partial charge in [-0.1, -0.05) is 22.4 Å². The van der Waals surface area contributed by atoms with Crippen LogP contribution in [0.3, 0.4) is 0 Å². The zero-order valence-corrected chi connectivity index (χ0v) is 12.2. The summed E-state index contributed by atoms with van der Waals surface area (Å²) in [5.74, 6) is 0.0214. The van der Waals surface area contributed by atoms with E-state index in [2.05, 4.69) is 26.6 Å². The Balaban J connectivity index is 2.01. The third-order valence-corrected chi connectivity index (χ3v) is 3.64. The number of carbonyl (C=O) groups excluding carboxylic acids is 1. The van der Waals surface area contributed by atoms with Crippen LogP contribution in [0.2, 0.25) is 0 Å². The summed E-state index contributed by atoms with van der Waals surface area (Å²) in [6.45, 7) is 3.93. The van der Waals surface area contributed by atoms with Crippen molar-refractivity contribution in [3.63, 3.8) is 0 Å². The second-order valence-corrected chi connectivity index (χ2v) is 5.80. The van der Waals surface area contributed by atoms with Crippen LogP contribution in [0, 0.1) is 6.92 Å². The first kappa shape index (κ1) is 13.6. The molecule has 1 aliphatic rings. The van der Waals surface area contributed by atoms with E-state index in [1.54, 1.807) is 0 Å². The number of hydrogen-bond donors (Lipinski definition) is 2. The summed E-state index contributed by atoms with van der Waals surface area (Å²) in [4.78, 5) is 12.2. The molecular formula is C14H19BrN2O. The Bertz CT molecular complexity index is 406. The molecule has 1 fully saturated rings. The smallest absolute Gasteiger partial charge is 0.251 e. The lowest BCUT2D eigenvalue weighted by molar-refractivity contribution is 0.0935. The van der Waals surface area contributed by atoms with Gasteiger partial charge in [-0.2, -0.15) is 0 Å². The molecule has 3 nitrogen and oxygen atoms in total. The van der Waals surface area contributed by atoms with Crippen molar-refractivity contribution in [3.8, 4) is 0 Å². The third kappa shape index (κ3) is 3.82. The van der Waals surface area contributed by atoms with Crippen LogP contribution >= 0.6 is 15.9 Å². The molecule has 1 aromatic carbocycles.